The van der Waals surface area contributed by atoms with Gasteiger partial charge in [0.05, 0.1) is 11.4 Å². The van der Waals surface area contributed by atoms with Crippen molar-refractivity contribution in [2.75, 3.05) is 19.6 Å². The molecule has 0 spiro atoms. The van der Waals surface area contributed by atoms with E-state index in [0.717, 1.165) is 29.7 Å². The van der Waals surface area contributed by atoms with Crippen LogP contribution in [0.5, 0.6) is 0 Å². The number of nitrogens with one attached hydrogen (secondary N) is 2. The summed E-state index contributed by atoms with van der Waals surface area (Å²) in [5, 5.41) is 14.2. The lowest BCUT2D eigenvalue weighted by Crippen LogP contribution is -2.42. The fourth-order valence-corrected chi connectivity index (χ4v) is 3.55. The van der Waals surface area contributed by atoms with Crippen LogP contribution in [0.1, 0.15) is 54.5 Å². The van der Waals surface area contributed by atoms with Crippen LogP contribution in [0, 0.1) is 12.8 Å². The molecule has 3 rings (SSSR count). The fourth-order valence-electron chi connectivity index (χ4n) is 3.55. The monoisotopic (exact) mass is 398 g/mol. The van der Waals surface area contributed by atoms with Gasteiger partial charge >= 0.3 is 6.03 Å². The molecule has 0 radical (unpaired) electrons. The maximum absolute atomic E-state index is 12.5. The summed E-state index contributed by atoms with van der Waals surface area (Å²) in [6.45, 7) is 10.5. The number of rotatable bonds is 6. The number of hydrogen-bond acceptors (Lipinski definition) is 4. The van der Waals surface area contributed by atoms with Crippen molar-refractivity contribution in [2.24, 2.45) is 5.92 Å². The molecule has 0 atom stereocenters. The summed E-state index contributed by atoms with van der Waals surface area (Å²) in [6.07, 6.45) is 1.66. The number of carbonyl (C=O) groups excluding carboxylic acids is 2. The minimum Gasteiger partial charge on any atom is -0.351 e. The highest BCUT2D eigenvalue weighted by molar-refractivity contribution is 5.93. The Morgan fingerprint density at radius 2 is 2.03 bits per heavy atom. The predicted molar refractivity (Wildman–Crippen MR) is 111 cm³/mol. The van der Waals surface area contributed by atoms with Crippen molar-refractivity contribution < 1.29 is 9.59 Å². The SMILES string of the molecule is CCNC(=O)N1CCc2c(cccc2-n2nnc(C(=O)NCCC(C)C)c2C)C1. The lowest BCUT2D eigenvalue weighted by molar-refractivity contribution is 0.0946. The molecule has 8 heteroatoms. The number of nitrogens with zero attached hydrogens (tertiary/aromatic N) is 4. The molecule has 1 aromatic carbocycles. The number of urea groups is 1. The Balaban J connectivity index is 1.81. The van der Waals surface area contributed by atoms with Gasteiger partial charge in [0, 0.05) is 26.2 Å². The molecule has 2 heterocycles. The van der Waals surface area contributed by atoms with E-state index in [9.17, 15) is 9.59 Å². The van der Waals surface area contributed by atoms with Crippen LogP contribution >= 0.6 is 0 Å². The van der Waals surface area contributed by atoms with Gasteiger partial charge in [-0.2, -0.15) is 0 Å². The van der Waals surface area contributed by atoms with Crippen LogP contribution in [0.2, 0.25) is 0 Å². The smallest absolute Gasteiger partial charge is 0.317 e. The third-order valence-electron chi connectivity index (χ3n) is 5.20. The molecule has 2 aromatic rings. The van der Waals surface area contributed by atoms with E-state index in [1.54, 1.807) is 4.68 Å². The van der Waals surface area contributed by atoms with E-state index in [1.807, 2.05) is 36.9 Å². The van der Waals surface area contributed by atoms with Gasteiger partial charge in [0.2, 0.25) is 0 Å². The number of hydrogen-bond donors (Lipinski definition) is 2. The topological polar surface area (TPSA) is 92.2 Å². The number of aromatic nitrogens is 3. The van der Waals surface area contributed by atoms with Crippen LogP contribution in [0.4, 0.5) is 4.79 Å². The molecule has 0 saturated carbocycles. The Hall–Kier alpha value is -2.90. The zero-order valence-electron chi connectivity index (χ0n) is 17.7. The van der Waals surface area contributed by atoms with Gasteiger partial charge in [-0.15, -0.1) is 5.10 Å². The zero-order chi connectivity index (χ0) is 21.0. The van der Waals surface area contributed by atoms with Crippen LogP contribution in [0.25, 0.3) is 5.69 Å². The molecule has 1 aliphatic heterocycles. The summed E-state index contributed by atoms with van der Waals surface area (Å²) in [5.74, 6) is 0.337. The van der Waals surface area contributed by atoms with Gasteiger partial charge in [-0.1, -0.05) is 31.2 Å². The van der Waals surface area contributed by atoms with E-state index in [-0.39, 0.29) is 11.9 Å². The van der Waals surface area contributed by atoms with Gasteiger partial charge in [-0.3, -0.25) is 4.79 Å². The first-order valence-corrected chi connectivity index (χ1v) is 10.3. The van der Waals surface area contributed by atoms with Gasteiger partial charge in [0.15, 0.2) is 5.69 Å². The Kier molecular flexibility index (Phi) is 6.51. The standard InChI is InChI=1S/C21H30N6O2/c1-5-22-21(29)26-12-10-17-16(13-26)7-6-8-18(17)27-15(4)19(24-25-27)20(28)23-11-9-14(2)3/h6-8,14H,5,9-13H2,1-4H3,(H,22,29)(H,23,28). The molecule has 3 amide bonds. The van der Waals surface area contributed by atoms with Crippen LogP contribution in [0.15, 0.2) is 18.2 Å². The second kappa shape index (κ2) is 9.07. The molecule has 8 nitrogen and oxygen atoms in total. The highest BCUT2D eigenvalue weighted by Gasteiger charge is 2.24. The van der Waals surface area contributed by atoms with Crippen LogP contribution < -0.4 is 10.6 Å². The third-order valence-corrected chi connectivity index (χ3v) is 5.20. The lowest BCUT2D eigenvalue weighted by Gasteiger charge is -2.30. The molecule has 0 saturated heterocycles. The maximum Gasteiger partial charge on any atom is 0.317 e. The predicted octanol–water partition coefficient (Wildman–Crippen LogP) is 2.44. The molecule has 0 fully saturated rings. The highest BCUT2D eigenvalue weighted by atomic mass is 16.2. The molecule has 2 N–H and O–H groups in total. The molecule has 1 aromatic heterocycles. The van der Waals surface area contributed by atoms with Gasteiger partial charge in [0.25, 0.3) is 5.91 Å². The Labute approximate surface area is 171 Å². The van der Waals surface area contributed by atoms with E-state index < -0.39 is 0 Å². The van der Waals surface area contributed by atoms with Crippen molar-refractivity contribution in [3.63, 3.8) is 0 Å². The van der Waals surface area contributed by atoms with Crippen molar-refractivity contribution in [3.8, 4) is 5.69 Å². The molecule has 0 aliphatic carbocycles. The molecule has 29 heavy (non-hydrogen) atoms. The first kappa shape index (κ1) is 20.8. The normalized spacial score (nSPS) is 13.3. The molecule has 0 unspecified atom stereocenters. The molecular weight excluding hydrogens is 368 g/mol. The molecular formula is C21H30N6O2. The summed E-state index contributed by atoms with van der Waals surface area (Å²) in [6, 6.07) is 5.94. The maximum atomic E-state index is 12.5. The van der Waals surface area contributed by atoms with Crippen molar-refractivity contribution in [3.05, 3.63) is 40.7 Å². The molecule has 1 aliphatic rings. The molecule has 156 valence electrons. The van der Waals surface area contributed by atoms with Crippen molar-refractivity contribution in [1.29, 1.82) is 0 Å². The van der Waals surface area contributed by atoms with Crippen LogP contribution in [-0.2, 0) is 13.0 Å². The quantitative estimate of drug-likeness (QED) is 0.782. The van der Waals surface area contributed by atoms with Gasteiger partial charge in [-0.25, -0.2) is 9.48 Å². The van der Waals surface area contributed by atoms with Gasteiger partial charge < -0.3 is 15.5 Å². The van der Waals surface area contributed by atoms with Crippen molar-refractivity contribution >= 4 is 11.9 Å². The summed E-state index contributed by atoms with van der Waals surface area (Å²) in [7, 11) is 0. The Morgan fingerprint density at radius 1 is 1.24 bits per heavy atom. The number of benzene rings is 1. The molecule has 0 bridgehead atoms. The Bertz CT molecular complexity index is 889. The summed E-state index contributed by atoms with van der Waals surface area (Å²) < 4.78 is 1.73. The average Bonchev–Trinajstić information content (AvgIpc) is 3.08. The largest absolute Gasteiger partial charge is 0.351 e. The minimum atomic E-state index is -0.193. The van der Waals surface area contributed by atoms with Gasteiger partial charge in [0.1, 0.15) is 0 Å². The van der Waals surface area contributed by atoms with E-state index in [2.05, 4.69) is 34.8 Å². The fraction of sp³-hybridized carbons (Fsp3) is 0.524. The van der Waals surface area contributed by atoms with Crippen molar-refractivity contribution in [1.82, 2.24) is 30.5 Å². The van der Waals surface area contributed by atoms with E-state index >= 15 is 0 Å². The second-order valence-corrected chi connectivity index (χ2v) is 7.80. The average molecular weight is 399 g/mol. The van der Waals surface area contributed by atoms with E-state index in [4.69, 9.17) is 0 Å². The van der Waals surface area contributed by atoms with Crippen LogP contribution in [-0.4, -0.2) is 51.5 Å². The summed E-state index contributed by atoms with van der Waals surface area (Å²) in [5.41, 5.74) is 4.23. The summed E-state index contributed by atoms with van der Waals surface area (Å²) >= 11 is 0. The van der Waals surface area contributed by atoms with E-state index in [1.165, 1.54) is 0 Å². The Morgan fingerprint density at radius 3 is 2.76 bits per heavy atom. The third kappa shape index (κ3) is 4.58. The lowest BCUT2D eigenvalue weighted by atomic mass is 9.98. The minimum absolute atomic E-state index is 0.0409. The first-order valence-electron chi connectivity index (χ1n) is 10.3. The van der Waals surface area contributed by atoms with Crippen LogP contribution in [0.3, 0.4) is 0 Å². The number of fused-ring (bicyclic) bond motifs is 1. The van der Waals surface area contributed by atoms with E-state index in [0.29, 0.717) is 43.5 Å². The zero-order valence-corrected chi connectivity index (χ0v) is 17.7. The van der Waals surface area contributed by atoms with Crippen molar-refractivity contribution in [2.45, 2.75) is 47.1 Å². The second-order valence-electron chi connectivity index (χ2n) is 7.80. The van der Waals surface area contributed by atoms with Gasteiger partial charge in [-0.05, 0) is 49.8 Å². The number of amides is 3. The number of carbonyl (C=O) groups is 2. The highest BCUT2D eigenvalue weighted by Crippen LogP contribution is 2.26. The first-order chi connectivity index (χ1) is 13.9. The summed E-state index contributed by atoms with van der Waals surface area (Å²) in [4.78, 5) is 26.5.